The fourth-order valence-corrected chi connectivity index (χ4v) is 3.89. The third kappa shape index (κ3) is 7.69. The van der Waals surface area contributed by atoms with Gasteiger partial charge in [0, 0.05) is 51.0 Å². The summed E-state index contributed by atoms with van der Waals surface area (Å²) in [4.78, 5) is 50.2. The lowest BCUT2D eigenvalue weighted by Gasteiger charge is -2.46. The Bertz CT molecular complexity index is 639. The highest BCUT2D eigenvalue weighted by Gasteiger charge is 2.37. The van der Waals surface area contributed by atoms with E-state index in [1.807, 2.05) is 4.90 Å². The fourth-order valence-electron chi connectivity index (χ4n) is 3.89. The summed E-state index contributed by atoms with van der Waals surface area (Å²) in [5.41, 5.74) is 0.284. The zero-order valence-electron chi connectivity index (χ0n) is 19.0. The van der Waals surface area contributed by atoms with Crippen LogP contribution in [0.4, 0.5) is 0 Å². The summed E-state index contributed by atoms with van der Waals surface area (Å²) < 4.78 is 0. The fraction of sp³-hybridized carbons (Fsp3) is 0.750. The summed E-state index contributed by atoms with van der Waals surface area (Å²) in [5.74, 6) is 0.706. The molecule has 168 valence electrons. The van der Waals surface area contributed by atoms with Gasteiger partial charge in [0.25, 0.3) is 11.8 Å². The number of imide groups is 1. The molecule has 2 heterocycles. The minimum absolute atomic E-state index is 0.239. The molecule has 2 aliphatic heterocycles. The van der Waals surface area contributed by atoms with Crippen molar-refractivity contribution >= 4 is 23.5 Å². The highest BCUT2D eigenvalue weighted by atomic mass is 16.2. The third-order valence-corrected chi connectivity index (χ3v) is 6.29. The Labute approximate surface area is 181 Å². The first-order valence-electron chi connectivity index (χ1n) is 11.5. The lowest BCUT2D eigenvalue weighted by atomic mass is 9.76. The Balaban J connectivity index is 1.39. The van der Waals surface area contributed by atoms with Gasteiger partial charge >= 0.3 is 0 Å². The number of unbranched alkanes of at least 4 members (excludes halogenated alkanes) is 5. The molecule has 1 fully saturated rings. The van der Waals surface area contributed by atoms with Crippen LogP contribution in [0, 0.1) is 11.3 Å². The summed E-state index contributed by atoms with van der Waals surface area (Å²) in [5, 5.41) is 0. The third-order valence-electron chi connectivity index (χ3n) is 6.29. The van der Waals surface area contributed by atoms with Gasteiger partial charge in [-0.2, -0.15) is 0 Å². The Morgan fingerprint density at radius 3 is 1.87 bits per heavy atom. The van der Waals surface area contributed by atoms with Gasteiger partial charge in [-0.25, -0.2) is 0 Å². The molecule has 0 spiro atoms. The molecule has 30 heavy (non-hydrogen) atoms. The zero-order chi connectivity index (χ0) is 22.1. The molecular weight excluding hydrogens is 380 g/mol. The van der Waals surface area contributed by atoms with Crippen molar-refractivity contribution in [2.75, 3.05) is 19.6 Å². The minimum Gasteiger partial charge on any atom is -0.342 e. The number of Topliss-reactive ketones (excluding diaryl/α,β-unsaturated/α-hetero) is 1. The Hall–Kier alpha value is -1.98. The number of hydrogen-bond acceptors (Lipinski definition) is 4. The maximum atomic E-state index is 12.2. The van der Waals surface area contributed by atoms with E-state index >= 15 is 0 Å². The zero-order valence-corrected chi connectivity index (χ0v) is 19.0. The largest absolute Gasteiger partial charge is 0.342 e. The van der Waals surface area contributed by atoms with Crippen molar-refractivity contribution in [3.8, 4) is 0 Å². The van der Waals surface area contributed by atoms with E-state index in [1.165, 1.54) is 17.1 Å². The molecule has 6 heteroatoms. The number of nitrogens with zero attached hydrogens (tertiary/aromatic N) is 2. The smallest absolute Gasteiger partial charge is 0.253 e. The summed E-state index contributed by atoms with van der Waals surface area (Å²) in [6.07, 6.45) is 10.6. The highest BCUT2D eigenvalue weighted by Crippen LogP contribution is 2.33. The normalized spacial score (nSPS) is 17.0. The number of carbonyl (C=O) groups is 4. The predicted octanol–water partition coefficient (Wildman–Crippen LogP) is 3.89. The Kier molecular flexibility index (Phi) is 9.25. The van der Waals surface area contributed by atoms with Gasteiger partial charge in [-0.15, -0.1) is 0 Å². The number of likely N-dealkylation sites (tertiary alicyclic amines) is 1. The van der Waals surface area contributed by atoms with Crippen molar-refractivity contribution < 1.29 is 19.2 Å². The van der Waals surface area contributed by atoms with Gasteiger partial charge in [-0.05, 0) is 37.0 Å². The van der Waals surface area contributed by atoms with Gasteiger partial charge in [-0.1, -0.05) is 40.0 Å². The molecule has 0 unspecified atom stereocenters. The average molecular weight is 419 g/mol. The second kappa shape index (κ2) is 11.4. The molecule has 0 aromatic heterocycles. The van der Waals surface area contributed by atoms with Crippen molar-refractivity contribution in [2.45, 2.75) is 85.0 Å². The number of hydrogen-bond donors (Lipinski definition) is 0. The van der Waals surface area contributed by atoms with Gasteiger partial charge in [-0.3, -0.25) is 24.1 Å². The molecule has 0 bridgehead atoms. The van der Waals surface area contributed by atoms with Crippen molar-refractivity contribution in [3.05, 3.63) is 12.2 Å². The van der Waals surface area contributed by atoms with E-state index < -0.39 is 0 Å². The van der Waals surface area contributed by atoms with Gasteiger partial charge in [0.05, 0.1) is 0 Å². The SMILES string of the molecule is CC(C)(C)C1CN(C(=O)CCCCCCC(=O)CCCCCN2C(=O)C=CC2=O)C1. The average Bonchev–Trinajstić information content (AvgIpc) is 2.93. The van der Waals surface area contributed by atoms with Gasteiger partial charge < -0.3 is 4.90 Å². The van der Waals surface area contributed by atoms with Crippen molar-refractivity contribution in [1.29, 1.82) is 0 Å². The first kappa shape index (κ1) is 24.3. The lowest BCUT2D eigenvalue weighted by Crippen LogP contribution is -2.54. The van der Waals surface area contributed by atoms with Crippen LogP contribution < -0.4 is 0 Å². The van der Waals surface area contributed by atoms with E-state index in [-0.39, 0.29) is 28.9 Å². The maximum Gasteiger partial charge on any atom is 0.253 e. The molecule has 0 aromatic rings. The summed E-state index contributed by atoms with van der Waals surface area (Å²) in [6.45, 7) is 8.94. The molecule has 2 aliphatic rings. The van der Waals surface area contributed by atoms with E-state index in [1.54, 1.807) is 0 Å². The second-order valence-corrected chi connectivity index (χ2v) is 9.79. The lowest BCUT2D eigenvalue weighted by molar-refractivity contribution is -0.140. The van der Waals surface area contributed by atoms with Crippen molar-refractivity contribution in [3.63, 3.8) is 0 Å². The predicted molar refractivity (Wildman–Crippen MR) is 117 cm³/mol. The monoisotopic (exact) mass is 418 g/mol. The van der Waals surface area contributed by atoms with E-state index in [0.717, 1.165) is 58.0 Å². The van der Waals surface area contributed by atoms with Crippen LogP contribution >= 0.6 is 0 Å². The van der Waals surface area contributed by atoms with Gasteiger partial charge in [0.1, 0.15) is 5.78 Å². The van der Waals surface area contributed by atoms with Crippen molar-refractivity contribution in [2.24, 2.45) is 11.3 Å². The van der Waals surface area contributed by atoms with Crippen LogP contribution in [0.15, 0.2) is 12.2 Å². The molecule has 0 N–H and O–H groups in total. The van der Waals surface area contributed by atoms with Gasteiger partial charge in [0.2, 0.25) is 5.91 Å². The number of ketones is 1. The standard InChI is InChI=1S/C24H38N2O4/c1-24(2,3)19-17-25(18-19)21(28)13-9-5-4-7-11-20(27)12-8-6-10-16-26-22(29)14-15-23(26)30/h14-15,19H,4-13,16-18H2,1-3H3. The molecule has 0 atom stereocenters. The van der Waals surface area contributed by atoms with Crippen LogP contribution in [0.5, 0.6) is 0 Å². The minimum atomic E-state index is -0.239. The summed E-state index contributed by atoms with van der Waals surface area (Å²) in [7, 11) is 0. The molecule has 6 nitrogen and oxygen atoms in total. The summed E-state index contributed by atoms with van der Waals surface area (Å²) >= 11 is 0. The van der Waals surface area contributed by atoms with Crippen LogP contribution in [0.25, 0.3) is 0 Å². The van der Waals surface area contributed by atoms with Crippen LogP contribution in [0.2, 0.25) is 0 Å². The first-order valence-corrected chi connectivity index (χ1v) is 11.5. The molecule has 1 saturated heterocycles. The molecule has 3 amide bonds. The Morgan fingerprint density at radius 2 is 1.33 bits per heavy atom. The van der Waals surface area contributed by atoms with Crippen LogP contribution in [-0.2, 0) is 19.2 Å². The molecule has 0 saturated carbocycles. The van der Waals surface area contributed by atoms with E-state index in [0.29, 0.717) is 31.7 Å². The maximum absolute atomic E-state index is 12.2. The summed E-state index contributed by atoms with van der Waals surface area (Å²) in [6, 6.07) is 0. The number of rotatable bonds is 13. The molecule has 0 radical (unpaired) electrons. The highest BCUT2D eigenvalue weighted by molar-refractivity contribution is 6.12. The molecular formula is C24H38N2O4. The molecule has 0 aromatic carbocycles. The quantitative estimate of drug-likeness (QED) is 0.336. The Morgan fingerprint density at radius 1 is 0.833 bits per heavy atom. The number of carbonyl (C=O) groups excluding carboxylic acids is 4. The van der Waals surface area contributed by atoms with E-state index in [2.05, 4.69) is 20.8 Å². The molecule has 0 aliphatic carbocycles. The topological polar surface area (TPSA) is 74.8 Å². The van der Waals surface area contributed by atoms with Crippen LogP contribution in [0.1, 0.15) is 85.0 Å². The molecule has 2 rings (SSSR count). The van der Waals surface area contributed by atoms with Crippen LogP contribution in [0.3, 0.4) is 0 Å². The number of amides is 3. The first-order chi connectivity index (χ1) is 14.2. The van der Waals surface area contributed by atoms with E-state index in [9.17, 15) is 19.2 Å². The van der Waals surface area contributed by atoms with Crippen molar-refractivity contribution in [1.82, 2.24) is 9.80 Å². The van der Waals surface area contributed by atoms with Gasteiger partial charge in [0.15, 0.2) is 0 Å². The second-order valence-electron chi connectivity index (χ2n) is 9.79. The van der Waals surface area contributed by atoms with E-state index in [4.69, 9.17) is 0 Å². The van der Waals surface area contributed by atoms with Crippen LogP contribution in [-0.4, -0.2) is 52.9 Å².